The van der Waals surface area contributed by atoms with Crippen LogP contribution in [0.5, 0.6) is 5.75 Å². The molecule has 23 heavy (non-hydrogen) atoms. The summed E-state index contributed by atoms with van der Waals surface area (Å²) in [5.74, 6) is 0.381. The number of para-hydroxylation sites is 1. The lowest BCUT2D eigenvalue weighted by Crippen LogP contribution is -2.12. The van der Waals surface area contributed by atoms with E-state index in [1.807, 2.05) is 24.3 Å². The Bertz CT molecular complexity index is 851. The van der Waals surface area contributed by atoms with Crippen molar-refractivity contribution in [3.05, 3.63) is 59.1 Å². The van der Waals surface area contributed by atoms with Gasteiger partial charge in [-0.25, -0.2) is 0 Å². The number of rotatable bonds is 4. The van der Waals surface area contributed by atoms with Crippen LogP contribution in [0.1, 0.15) is 10.4 Å². The molecule has 0 saturated heterocycles. The molecule has 0 saturated carbocycles. The highest BCUT2D eigenvalue weighted by atomic mass is 35.5. The number of halogens is 1. The summed E-state index contributed by atoms with van der Waals surface area (Å²) in [6.45, 7) is 0. The van der Waals surface area contributed by atoms with Crippen molar-refractivity contribution in [3.8, 4) is 16.3 Å². The SMILES string of the molecule is COc1ccccc1-c1nnc(NC(=O)c2ccccc2Cl)s1. The van der Waals surface area contributed by atoms with Crippen LogP contribution >= 0.6 is 22.9 Å². The van der Waals surface area contributed by atoms with Gasteiger partial charge in [0, 0.05) is 0 Å². The third-order valence-electron chi connectivity index (χ3n) is 3.10. The average Bonchev–Trinajstić information content (AvgIpc) is 3.03. The number of aromatic nitrogens is 2. The second-order valence-electron chi connectivity index (χ2n) is 4.55. The van der Waals surface area contributed by atoms with E-state index in [4.69, 9.17) is 16.3 Å². The van der Waals surface area contributed by atoms with E-state index in [1.54, 1.807) is 31.4 Å². The zero-order chi connectivity index (χ0) is 16.2. The number of carbonyl (C=O) groups is 1. The minimum atomic E-state index is -0.321. The second-order valence-corrected chi connectivity index (χ2v) is 5.93. The first-order chi connectivity index (χ1) is 11.2. The largest absolute Gasteiger partial charge is 0.496 e. The number of nitrogens with zero attached hydrogens (tertiary/aromatic N) is 2. The molecule has 0 aliphatic rings. The van der Waals surface area contributed by atoms with Gasteiger partial charge in [0.05, 0.1) is 23.3 Å². The van der Waals surface area contributed by atoms with Crippen molar-refractivity contribution in [1.82, 2.24) is 10.2 Å². The van der Waals surface area contributed by atoms with Crippen LogP contribution in [-0.4, -0.2) is 23.2 Å². The summed E-state index contributed by atoms with van der Waals surface area (Å²) >= 11 is 7.28. The summed E-state index contributed by atoms with van der Waals surface area (Å²) in [5.41, 5.74) is 1.22. The van der Waals surface area contributed by atoms with Crippen molar-refractivity contribution in [3.63, 3.8) is 0 Å². The van der Waals surface area contributed by atoms with Gasteiger partial charge in [-0.2, -0.15) is 0 Å². The molecule has 5 nitrogen and oxygen atoms in total. The van der Waals surface area contributed by atoms with Gasteiger partial charge in [-0.05, 0) is 24.3 Å². The molecular formula is C16H12ClN3O2S. The van der Waals surface area contributed by atoms with Crippen LogP contribution < -0.4 is 10.1 Å². The minimum absolute atomic E-state index is 0.321. The zero-order valence-electron chi connectivity index (χ0n) is 12.1. The Kier molecular flexibility index (Phi) is 4.55. The van der Waals surface area contributed by atoms with Gasteiger partial charge >= 0.3 is 0 Å². The third kappa shape index (κ3) is 3.33. The fourth-order valence-electron chi connectivity index (χ4n) is 2.01. The van der Waals surface area contributed by atoms with Gasteiger partial charge in [0.2, 0.25) is 5.13 Å². The molecule has 3 rings (SSSR count). The van der Waals surface area contributed by atoms with E-state index in [0.29, 0.717) is 26.5 Å². The molecular weight excluding hydrogens is 334 g/mol. The molecule has 1 aromatic heterocycles. The number of methoxy groups -OCH3 is 1. The van der Waals surface area contributed by atoms with Crippen molar-refractivity contribution in [2.24, 2.45) is 0 Å². The quantitative estimate of drug-likeness (QED) is 0.772. The van der Waals surface area contributed by atoms with Crippen LogP contribution in [0.2, 0.25) is 5.02 Å². The first kappa shape index (κ1) is 15.5. The fraction of sp³-hybridized carbons (Fsp3) is 0.0625. The molecule has 0 atom stereocenters. The molecule has 0 aliphatic heterocycles. The molecule has 1 heterocycles. The Morgan fingerprint density at radius 3 is 2.65 bits per heavy atom. The highest BCUT2D eigenvalue weighted by Crippen LogP contribution is 2.33. The molecule has 0 bridgehead atoms. The molecule has 0 spiro atoms. The summed E-state index contributed by atoms with van der Waals surface area (Å²) in [6, 6.07) is 14.3. The summed E-state index contributed by atoms with van der Waals surface area (Å²) in [4.78, 5) is 12.2. The zero-order valence-corrected chi connectivity index (χ0v) is 13.7. The molecule has 7 heteroatoms. The topological polar surface area (TPSA) is 64.1 Å². The number of carbonyl (C=O) groups excluding carboxylic acids is 1. The maximum atomic E-state index is 12.2. The van der Waals surface area contributed by atoms with E-state index < -0.39 is 0 Å². The maximum absolute atomic E-state index is 12.2. The first-order valence-corrected chi connectivity index (χ1v) is 7.91. The average molecular weight is 346 g/mol. The van der Waals surface area contributed by atoms with E-state index in [0.717, 1.165) is 5.56 Å². The summed E-state index contributed by atoms with van der Waals surface area (Å²) in [7, 11) is 1.60. The van der Waals surface area contributed by atoms with Crippen molar-refractivity contribution in [2.45, 2.75) is 0 Å². The summed E-state index contributed by atoms with van der Waals surface area (Å²) in [5, 5.41) is 12.3. The molecule has 1 amide bonds. The lowest BCUT2D eigenvalue weighted by molar-refractivity contribution is 0.102. The van der Waals surface area contributed by atoms with Crippen LogP contribution in [-0.2, 0) is 0 Å². The van der Waals surface area contributed by atoms with Crippen LogP contribution in [0.25, 0.3) is 10.6 Å². The Labute approximate surface area is 141 Å². The third-order valence-corrected chi connectivity index (χ3v) is 4.30. The minimum Gasteiger partial charge on any atom is -0.496 e. The van der Waals surface area contributed by atoms with Crippen molar-refractivity contribution < 1.29 is 9.53 Å². The highest BCUT2D eigenvalue weighted by molar-refractivity contribution is 7.18. The summed E-state index contributed by atoms with van der Waals surface area (Å²) in [6.07, 6.45) is 0. The Hall–Kier alpha value is -2.44. The number of ether oxygens (including phenoxy) is 1. The normalized spacial score (nSPS) is 10.3. The van der Waals surface area contributed by atoms with Gasteiger partial charge in [-0.1, -0.05) is 47.2 Å². The fourth-order valence-corrected chi connectivity index (χ4v) is 3.00. The Morgan fingerprint density at radius 1 is 1.13 bits per heavy atom. The summed E-state index contributed by atoms with van der Waals surface area (Å²) < 4.78 is 5.31. The lowest BCUT2D eigenvalue weighted by atomic mass is 10.2. The monoisotopic (exact) mass is 345 g/mol. The van der Waals surface area contributed by atoms with Gasteiger partial charge in [0.15, 0.2) is 5.01 Å². The van der Waals surface area contributed by atoms with Crippen LogP contribution in [0.3, 0.4) is 0 Å². The van der Waals surface area contributed by atoms with Gasteiger partial charge in [-0.15, -0.1) is 10.2 Å². The van der Waals surface area contributed by atoms with E-state index >= 15 is 0 Å². The molecule has 0 aliphatic carbocycles. The van der Waals surface area contributed by atoms with E-state index in [2.05, 4.69) is 15.5 Å². The molecule has 0 fully saturated rings. The van der Waals surface area contributed by atoms with E-state index in [-0.39, 0.29) is 5.91 Å². The van der Waals surface area contributed by atoms with E-state index in [1.165, 1.54) is 11.3 Å². The first-order valence-electron chi connectivity index (χ1n) is 6.72. The molecule has 2 aromatic carbocycles. The molecule has 0 unspecified atom stereocenters. The molecule has 116 valence electrons. The van der Waals surface area contributed by atoms with Gasteiger partial charge in [0.25, 0.3) is 5.91 Å². The van der Waals surface area contributed by atoms with Gasteiger partial charge < -0.3 is 4.74 Å². The van der Waals surface area contributed by atoms with Crippen LogP contribution in [0.15, 0.2) is 48.5 Å². The van der Waals surface area contributed by atoms with Crippen molar-refractivity contribution >= 4 is 34.0 Å². The number of benzene rings is 2. The Balaban J connectivity index is 1.83. The predicted molar refractivity (Wildman–Crippen MR) is 91.3 cm³/mol. The smallest absolute Gasteiger partial charge is 0.259 e. The molecule has 0 radical (unpaired) electrons. The predicted octanol–water partition coefficient (Wildman–Crippen LogP) is 4.12. The van der Waals surface area contributed by atoms with Crippen molar-refractivity contribution in [2.75, 3.05) is 12.4 Å². The standard InChI is InChI=1S/C16H12ClN3O2S/c1-22-13-9-5-3-7-11(13)15-19-20-16(23-15)18-14(21)10-6-2-4-8-12(10)17/h2-9H,1H3,(H,18,20,21). The number of anilines is 1. The van der Waals surface area contributed by atoms with Crippen LogP contribution in [0.4, 0.5) is 5.13 Å². The Morgan fingerprint density at radius 2 is 1.87 bits per heavy atom. The van der Waals surface area contributed by atoms with Crippen molar-refractivity contribution in [1.29, 1.82) is 0 Å². The van der Waals surface area contributed by atoms with Crippen LogP contribution in [0, 0.1) is 0 Å². The molecule has 3 aromatic rings. The molecule has 1 N–H and O–H groups in total. The van der Waals surface area contributed by atoms with E-state index in [9.17, 15) is 4.79 Å². The number of nitrogens with one attached hydrogen (secondary N) is 1. The van der Waals surface area contributed by atoms with Gasteiger partial charge in [-0.3, -0.25) is 10.1 Å². The number of amides is 1. The lowest BCUT2D eigenvalue weighted by Gasteiger charge is -2.04. The number of hydrogen-bond acceptors (Lipinski definition) is 5. The maximum Gasteiger partial charge on any atom is 0.259 e. The van der Waals surface area contributed by atoms with Gasteiger partial charge in [0.1, 0.15) is 5.75 Å². The second kappa shape index (κ2) is 6.76. The number of hydrogen-bond donors (Lipinski definition) is 1. The highest BCUT2D eigenvalue weighted by Gasteiger charge is 2.15.